The molecule has 3 nitrogen and oxygen atoms in total. The van der Waals surface area contributed by atoms with Crippen LogP contribution in [0.15, 0.2) is 59.6 Å². The average Bonchev–Trinajstić information content (AvgIpc) is 3.10. The highest BCUT2D eigenvalue weighted by Crippen LogP contribution is 2.20. The molecule has 2 aromatic heterocycles. The molecule has 3 aromatic rings. The van der Waals surface area contributed by atoms with Crippen molar-refractivity contribution < 1.29 is 0 Å². The van der Waals surface area contributed by atoms with E-state index < -0.39 is 0 Å². The predicted octanol–water partition coefficient (Wildman–Crippen LogP) is 3.55. The third-order valence-corrected chi connectivity index (χ3v) is 3.45. The number of hydrogen-bond acceptors (Lipinski definition) is 3. The van der Waals surface area contributed by atoms with Crippen LogP contribution in [0.1, 0.15) is 5.56 Å². The Bertz CT molecular complexity index is 600. The number of anilines is 1. The molecule has 0 fully saturated rings. The first-order valence-corrected chi connectivity index (χ1v) is 6.72. The van der Waals surface area contributed by atoms with E-state index in [0.29, 0.717) is 0 Å². The molecular formula is C14H13N3S. The van der Waals surface area contributed by atoms with Gasteiger partial charge >= 0.3 is 0 Å². The van der Waals surface area contributed by atoms with E-state index in [1.165, 1.54) is 5.56 Å². The van der Waals surface area contributed by atoms with Gasteiger partial charge in [0, 0.05) is 18.9 Å². The van der Waals surface area contributed by atoms with Gasteiger partial charge in [0.1, 0.15) is 0 Å². The number of thiophene rings is 1. The van der Waals surface area contributed by atoms with Gasteiger partial charge in [-0.15, -0.1) is 0 Å². The van der Waals surface area contributed by atoms with Crippen molar-refractivity contribution >= 4 is 17.0 Å². The molecular weight excluding hydrogens is 242 g/mol. The van der Waals surface area contributed by atoms with Crippen LogP contribution in [-0.2, 0) is 6.54 Å². The first kappa shape index (κ1) is 11.0. The Hall–Kier alpha value is -2.07. The molecule has 0 unspecified atom stereocenters. The molecule has 0 atom stereocenters. The molecule has 0 aliphatic carbocycles. The zero-order chi connectivity index (χ0) is 12.2. The van der Waals surface area contributed by atoms with Crippen molar-refractivity contribution in [3.8, 4) is 5.69 Å². The number of nitrogens with one attached hydrogen (secondary N) is 1. The Morgan fingerprint density at radius 3 is 2.89 bits per heavy atom. The molecule has 0 amide bonds. The van der Waals surface area contributed by atoms with Gasteiger partial charge in [-0.05, 0) is 40.6 Å². The largest absolute Gasteiger partial charge is 0.379 e. The van der Waals surface area contributed by atoms with Gasteiger partial charge in [-0.3, -0.25) is 0 Å². The molecule has 0 spiro atoms. The quantitative estimate of drug-likeness (QED) is 0.772. The minimum atomic E-state index is 0.835. The van der Waals surface area contributed by atoms with Gasteiger partial charge in [0.2, 0.25) is 0 Å². The maximum atomic E-state index is 4.27. The Kier molecular flexibility index (Phi) is 3.10. The topological polar surface area (TPSA) is 29.9 Å². The second kappa shape index (κ2) is 5.06. The fraction of sp³-hybridized carbons (Fsp3) is 0.0714. The van der Waals surface area contributed by atoms with Gasteiger partial charge in [0.15, 0.2) is 0 Å². The van der Waals surface area contributed by atoms with E-state index in [0.717, 1.165) is 17.9 Å². The highest BCUT2D eigenvalue weighted by molar-refractivity contribution is 7.07. The second-order valence-electron chi connectivity index (χ2n) is 3.95. The van der Waals surface area contributed by atoms with Crippen LogP contribution in [0.4, 0.5) is 5.69 Å². The smallest absolute Gasteiger partial charge is 0.0876 e. The zero-order valence-corrected chi connectivity index (χ0v) is 10.6. The van der Waals surface area contributed by atoms with Gasteiger partial charge in [0.05, 0.1) is 11.4 Å². The van der Waals surface area contributed by atoms with Gasteiger partial charge in [0.25, 0.3) is 0 Å². The first-order chi connectivity index (χ1) is 8.93. The van der Waals surface area contributed by atoms with E-state index in [1.807, 2.05) is 29.1 Å². The van der Waals surface area contributed by atoms with Crippen molar-refractivity contribution in [3.05, 3.63) is 65.1 Å². The third-order valence-electron chi connectivity index (χ3n) is 2.72. The standard InChI is InChI=1S/C14H13N3S/c1-2-5-14(17-8-3-7-16-17)13(4-1)15-10-12-6-9-18-11-12/h1-9,11,15H,10H2. The lowest BCUT2D eigenvalue weighted by molar-refractivity contribution is 0.879. The van der Waals surface area contributed by atoms with Crippen LogP contribution >= 0.6 is 11.3 Å². The van der Waals surface area contributed by atoms with Crippen LogP contribution in [0.5, 0.6) is 0 Å². The summed E-state index contributed by atoms with van der Waals surface area (Å²) in [7, 11) is 0. The summed E-state index contributed by atoms with van der Waals surface area (Å²) in [6, 6.07) is 12.2. The van der Waals surface area contributed by atoms with E-state index in [-0.39, 0.29) is 0 Å². The fourth-order valence-electron chi connectivity index (χ4n) is 1.82. The second-order valence-corrected chi connectivity index (χ2v) is 4.73. The van der Waals surface area contributed by atoms with Gasteiger partial charge in [-0.2, -0.15) is 16.4 Å². The maximum absolute atomic E-state index is 4.27. The molecule has 3 rings (SSSR count). The van der Waals surface area contributed by atoms with E-state index in [4.69, 9.17) is 0 Å². The summed E-state index contributed by atoms with van der Waals surface area (Å²) in [6.07, 6.45) is 3.74. The van der Waals surface area contributed by atoms with Gasteiger partial charge in [-0.25, -0.2) is 4.68 Å². The molecule has 4 heteroatoms. The Balaban J connectivity index is 1.84. The lowest BCUT2D eigenvalue weighted by Gasteiger charge is -2.11. The zero-order valence-electron chi connectivity index (χ0n) is 9.78. The summed E-state index contributed by atoms with van der Waals surface area (Å²) in [4.78, 5) is 0. The van der Waals surface area contributed by atoms with Crippen molar-refractivity contribution in [1.82, 2.24) is 9.78 Å². The summed E-state index contributed by atoms with van der Waals surface area (Å²) >= 11 is 1.72. The SMILES string of the molecule is c1ccc(-n2cccn2)c(NCc2ccsc2)c1. The van der Waals surface area contributed by atoms with Crippen LogP contribution in [0.25, 0.3) is 5.69 Å². The van der Waals surface area contributed by atoms with Crippen LogP contribution in [0.3, 0.4) is 0 Å². The molecule has 1 N–H and O–H groups in total. The molecule has 90 valence electrons. The third kappa shape index (κ3) is 2.28. The van der Waals surface area contributed by atoms with Gasteiger partial charge in [-0.1, -0.05) is 12.1 Å². The highest BCUT2D eigenvalue weighted by Gasteiger charge is 2.03. The molecule has 0 saturated heterocycles. The summed E-state index contributed by atoms with van der Waals surface area (Å²) in [5, 5.41) is 12.0. The monoisotopic (exact) mass is 255 g/mol. The van der Waals surface area contributed by atoms with Crippen molar-refractivity contribution in [2.75, 3.05) is 5.32 Å². The molecule has 0 radical (unpaired) electrons. The number of nitrogens with zero attached hydrogens (tertiary/aromatic N) is 2. The summed E-state index contributed by atoms with van der Waals surface area (Å²) in [5.74, 6) is 0. The Labute approximate surface area is 110 Å². The van der Waals surface area contributed by atoms with Crippen LogP contribution in [0.2, 0.25) is 0 Å². The molecule has 18 heavy (non-hydrogen) atoms. The molecule has 2 heterocycles. The lowest BCUT2D eigenvalue weighted by Crippen LogP contribution is -2.04. The fourth-order valence-corrected chi connectivity index (χ4v) is 2.49. The van der Waals surface area contributed by atoms with Crippen LogP contribution in [-0.4, -0.2) is 9.78 Å². The minimum Gasteiger partial charge on any atom is -0.379 e. The maximum Gasteiger partial charge on any atom is 0.0876 e. The lowest BCUT2D eigenvalue weighted by atomic mass is 10.2. The van der Waals surface area contributed by atoms with Crippen molar-refractivity contribution in [3.63, 3.8) is 0 Å². The van der Waals surface area contributed by atoms with Crippen LogP contribution in [0, 0.1) is 0 Å². The number of rotatable bonds is 4. The van der Waals surface area contributed by atoms with Crippen molar-refractivity contribution in [1.29, 1.82) is 0 Å². The van der Waals surface area contributed by atoms with Crippen molar-refractivity contribution in [2.24, 2.45) is 0 Å². The number of hydrogen-bond donors (Lipinski definition) is 1. The number of para-hydroxylation sites is 2. The number of benzene rings is 1. The van der Waals surface area contributed by atoms with Crippen molar-refractivity contribution in [2.45, 2.75) is 6.54 Å². The number of aromatic nitrogens is 2. The van der Waals surface area contributed by atoms with Crippen LogP contribution < -0.4 is 5.32 Å². The summed E-state index contributed by atoms with van der Waals surface area (Å²) in [6.45, 7) is 0.835. The van der Waals surface area contributed by atoms with E-state index in [9.17, 15) is 0 Å². The van der Waals surface area contributed by atoms with E-state index in [2.05, 4.69) is 39.4 Å². The minimum absolute atomic E-state index is 0.835. The molecule has 0 saturated carbocycles. The molecule has 0 aliphatic rings. The Morgan fingerprint density at radius 2 is 2.11 bits per heavy atom. The van der Waals surface area contributed by atoms with E-state index >= 15 is 0 Å². The molecule has 0 bridgehead atoms. The predicted molar refractivity (Wildman–Crippen MR) is 75.2 cm³/mol. The first-order valence-electron chi connectivity index (χ1n) is 5.77. The molecule has 1 aromatic carbocycles. The highest BCUT2D eigenvalue weighted by atomic mass is 32.1. The normalized spacial score (nSPS) is 10.4. The van der Waals surface area contributed by atoms with Gasteiger partial charge < -0.3 is 5.32 Å². The summed E-state index contributed by atoms with van der Waals surface area (Å²) < 4.78 is 1.87. The average molecular weight is 255 g/mol. The molecule has 0 aliphatic heterocycles. The van der Waals surface area contributed by atoms with E-state index in [1.54, 1.807) is 17.5 Å². The Morgan fingerprint density at radius 1 is 1.17 bits per heavy atom. The summed E-state index contributed by atoms with van der Waals surface area (Å²) in [5.41, 5.74) is 3.46.